The van der Waals surface area contributed by atoms with Gasteiger partial charge in [-0.3, -0.25) is 4.79 Å². The summed E-state index contributed by atoms with van der Waals surface area (Å²) >= 11 is 0. The number of nitrogens with zero attached hydrogens (tertiary/aromatic N) is 4. The maximum Gasteiger partial charge on any atom is 0.256 e. The molecule has 146 valence electrons. The molecule has 27 heavy (non-hydrogen) atoms. The van der Waals surface area contributed by atoms with Gasteiger partial charge < -0.3 is 14.4 Å². The second-order valence-corrected chi connectivity index (χ2v) is 10.5. The van der Waals surface area contributed by atoms with Gasteiger partial charge in [0.2, 0.25) is 5.88 Å². The van der Waals surface area contributed by atoms with Gasteiger partial charge in [-0.25, -0.2) is 14.2 Å². The minimum absolute atomic E-state index is 0.0303. The van der Waals surface area contributed by atoms with E-state index in [1.807, 2.05) is 0 Å². The first-order valence-electron chi connectivity index (χ1n) is 9.68. The lowest BCUT2D eigenvalue weighted by Gasteiger charge is -2.45. The minimum Gasteiger partial charge on any atom is -0.477 e. The lowest BCUT2D eigenvalue weighted by atomic mass is 9.94. The molecular formula is C18H24N4O4S. The maximum atomic E-state index is 13.0. The molecule has 8 nitrogen and oxygen atoms in total. The maximum absolute atomic E-state index is 13.0. The third kappa shape index (κ3) is 3.31. The molecule has 1 aliphatic carbocycles. The highest BCUT2D eigenvalue weighted by atomic mass is 32.2. The van der Waals surface area contributed by atoms with E-state index in [0.29, 0.717) is 50.0 Å². The fourth-order valence-corrected chi connectivity index (χ4v) is 6.40. The summed E-state index contributed by atoms with van der Waals surface area (Å²) in [7, 11) is -2.43. The van der Waals surface area contributed by atoms with Crippen LogP contribution in [0.3, 0.4) is 0 Å². The van der Waals surface area contributed by atoms with Crippen molar-refractivity contribution in [3.8, 4) is 5.88 Å². The van der Waals surface area contributed by atoms with Crippen LogP contribution in [-0.2, 0) is 25.7 Å². The van der Waals surface area contributed by atoms with Gasteiger partial charge in [-0.15, -0.1) is 0 Å². The van der Waals surface area contributed by atoms with Gasteiger partial charge >= 0.3 is 0 Å². The third-order valence-electron chi connectivity index (χ3n) is 5.96. The number of amides is 1. The van der Waals surface area contributed by atoms with Crippen molar-refractivity contribution in [1.82, 2.24) is 9.97 Å². The van der Waals surface area contributed by atoms with E-state index in [1.165, 1.54) is 0 Å². The van der Waals surface area contributed by atoms with E-state index < -0.39 is 9.73 Å². The molecule has 0 N–H and O–H groups in total. The molecule has 1 amide bonds. The SMILES string of the molecule is O=C(N=S1(=O)CCC2(CC1)CN(c1ncnc3c1CCO3)CCO2)C1CC1. The molecule has 0 radical (unpaired) electrons. The van der Waals surface area contributed by atoms with E-state index in [-0.39, 0.29) is 17.4 Å². The molecule has 9 heteroatoms. The van der Waals surface area contributed by atoms with Crippen molar-refractivity contribution in [2.24, 2.45) is 10.3 Å². The van der Waals surface area contributed by atoms with Gasteiger partial charge in [-0.05, 0) is 25.7 Å². The average molecular weight is 392 g/mol. The number of anilines is 1. The normalized spacial score (nSPS) is 32.8. The van der Waals surface area contributed by atoms with E-state index in [2.05, 4.69) is 19.2 Å². The first-order chi connectivity index (χ1) is 13.1. The van der Waals surface area contributed by atoms with Crippen molar-refractivity contribution in [3.05, 3.63) is 11.9 Å². The summed E-state index contributed by atoms with van der Waals surface area (Å²) < 4.78 is 28.8. The predicted molar refractivity (Wildman–Crippen MR) is 99.4 cm³/mol. The van der Waals surface area contributed by atoms with E-state index in [4.69, 9.17) is 9.47 Å². The van der Waals surface area contributed by atoms with Gasteiger partial charge in [0.05, 0.1) is 34.1 Å². The largest absolute Gasteiger partial charge is 0.477 e. The van der Waals surface area contributed by atoms with E-state index >= 15 is 0 Å². The Labute approximate surface area is 158 Å². The summed E-state index contributed by atoms with van der Waals surface area (Å²) in [4.78, 5) is 22.9. The number of fused-ring (bicyclic) bond motifs is 1. The van der Waals surface area contributed by atoms with Crippen LogP contribution < -0.4 is 9.64 Å². The number of aromatic nitrogens is 2. The summed E-state index contributed by atoms with van der Waals surface area (Å²) in [6, 6.07) is 0. The molecule has 0 aromatic carbocycles. The molecule has 1 spiro atoms. The van der Waals surface area contributed by atoms with Crippen molar-refractivity contribution >= 4 is 21.5 Å². The Bertz CT molecular complexity index is 877. The van der Waals surface area contributed by atoms with Crippen LogP contribution in [0.25, 0.3) is 0 Å². The molecule has 4 heterocycles. The van der Waals surface area contributed by atoms with Crippen LogP contribution in [0.2, 0.25) is 0 Å². The highest BCUT2D eigenvalue weighted by Gasteiger charge is 2.43. The zero-order valence-corrected chi connectivity index (χ0v) is 16.1. The second kappa shape index (κ2) is 6.41. The van der Waals surface area contributed by atoms with Crippen LogP contribution in [0.4, 0.5) is 5.82 Å². The summed E-state index contributed by atoms with van der Waals surface area (Å²) in [6.07, 6.45) is 5.49. The van der Waals surface area contributed by atoms with Crippen molar-refractivity contribution < 1.29 is 18.5 Å². The highest BCUT2D eigenvalue weighted by Crippen LogP contribution is 2.37. The minimum atomic E-state index is -2.43. The Morgan fingerprint density at radius 1 is 1.26 bits per heavy atom. The van der Waals surface area contributed by atoms with Gasteiger partial charge in [0, 0.05) is 36.9 Å². The summed E-state index contributed by atoms with van der Waals surface area (Å²) in [6.45, 7) is 2.74. The van der Waals surface area contributed by atoms with Crippen LogP contribution in [0.5, 0.6) is 5.88 Å². The fraction of sp³-hybridized carbons (Fsp3) is 0.722. The first-order valence-corrected chi connectivity index (χ1v) is 11.5. The van der Waals surface area contributed by atoms with Crippen LogP contribution in [-0.4, -0.2) is 63.5 Å². The lowest BCUT2D eigenvalue weighted by molar-refractivity contribution is -0.118. The molecule has 1 saturated carbocycles. The van der Waals surface area contributed by atoms with Gasteiger partial charge in [-0.1, -0.05) is 0 Å². The van der Waals surface area contributed by atoms with E-state index in [9.17, 15) is 9.00 Å². The molecule has 0 bridgehead atoms. The molecule has 2 saturated heterocycles. The van der Waals surface area contributed by atoms with Crippen molar-refractivity contribution in [1.29, 1.82) is 0 Å². The van der Waals surface area contributed by atoms with Crippen LogP contribution in [0, 0.1) is 5.92 Å². The van der Waals surface area contributed by atoms with Crippen LogP contribution in [0.1, 0.15) is 31.2 Å². The average Bonchev–Trinajstić information content (AvgIpc) is 3.42. The van der Waals surface area contributed by atoms with E-state index in [0.717, 1.165) is 37.2 Å². The van der Waals surface area contributed by atoms with Gasteiger partial charge in [0.25, 0.3) is 5.91 Å². The number of hydrogen-bond donors (Lipinski definition) is 0. The third-order valence-corrected chi connectivity index (χ3v) is 8.15. The smallest absolute Gasteiger partial charge is 0.256 e. The Morgan fingerprint density at radius 3 is 2.85 bits per heavy atom. The van der Waals surface area contributed by atoms with Crippen molar-refractivity contribution in [2.45, 2.75) is 37.7 Å². The quantitative estimate of drug-likeness (QED) is 0.746. The lowest BCUT2D eigenvalue weighted by Crippen LogP contribution is -2.55. The van der Waals surface area contributed by atoms with Gasteiger partial charge in [0.1, 0.15) is 12.1 Å². The number of hydrogen-bond acceptors (Lipinski definition) is 7. The zero-order chi connectivity index (χ0) is 18.5. The molecule has 3 aliphatic heterocycles. The number of rotatable bonds is 2. The monoisotopic (exact) mass is 392 g/mol. The molecule has 3 fully saturated rings. The predicted octanol–water partition coefficient (Wildman–Crippen LogP) is 1.19. The first kappa shape index (κ1) is 17.4. The standard InChI is InChI=1S/C18H24N4O4S/c23-16(13-1-2-13)21-27(24)9-4-18(5-10-27)11-22(6-8-26-18)15-14-3-7-25-17(14)20-12-19-15/h12-13H,1-11H2. The van der Waals surface area contributed by atoms with Gasteiger partial charge in [0.15, 0.2) is 0 Å². The molecular weight excluding hydrogens is 368 g/mol. The molecule has 0 atom stereocenters. The van der Waals surface area contributed by atoms with Gasteiger partial charge in [-0.2, -0.15) is 4.36 Å². The second-order valence-electron chi connectivity index (χ2n) is 7.92. The van der Waals surface area contributed by atoms with Crippen molar-refractivity contribution in [2.75, 3.05) is 42.7 Å². The summed E-state index contributed by atoms with van der Waals surface area (Å²) in [5.41, 5.74) is 0.730. The number of carbonyl (C=O) groups excluding carboxylic acids is 1. The van der Waals surface area contributed by atoms with Crippen LogP contribution in [0.15, 0.2) is 10.7 Å². The molecule has 4 aliphatic rings. The summed E-state index contributed by atoms with van der Waals surface area (Å²) in [5, 5.41) is 0. The Balaban J connectivity index is 1.33. The highest BCUT2D eigenvalue weighted by molar-refractivity contribution is 7.93. The van der Waals surface area contributed by atoms with Crippen LogP contribution >= 0.6 is 0 Å². The van der Waals surface area contributed by atoms with Crippen molar-refractivity contribution in [3.63, 3.8) is 0 Å². The molecule has 1 aromatic heterocycles. The zero-order valence-electron chi connectivity index (χ0n) is 15.3. The molecule has 0 unspecified atom stereocenters. The number of ether oxygens (including phenoxy) is 2. The molecule has 5 rings (SSSR count). The fourth-order valence-electron chi connectivity index (χ4n) is 4.16. The Hall–Kier alpha value is -1.74. The molecule has 1 aromatic rings. The topological polar surface area (TPSA) is 94.0 Å². The van der Waals surface area contributed by atoms with E-state index in [1.54, 1.807) is 6.33 Å². The number of morpholine rings is 1. The number of carbonyl (C=O) groups is 1. The Morgan fingerprint density at radius 2 is 2.07 bits per heavy atom. The Kier molecular flexibility index (Phi) is 4.12. The summed E-state index contributed by atoms with van der Waals surface area (Å²) in [5.74, 6) is 2.36.